The van der Waals surface area contributed by atoms with Crippen molar-refractivity contribution in [1.82, 2.24) is 0 Å². The number of hydrogen-bond acceptors (Lipinski definition) is 3. The van der Waals surface area contributed by atoms with Crippen LogP contribution in [0.15, 0.2) is 36.9 Å². The molecule has 0 unspecified atom stereocenters. The van der Waals surface area contributed by atoms with Gasteiger partial charge in [-0.25, -0.2) is 0 Å². The molecule has 3 nitrogen and oxygen atoms in total. The van der Waals surface area contributed by atoms with Gasteiger partial charge in [0.2, 0.25) is 0 Å². The van der Waals surface area contributed by atoms with E-state index in [9.17, 15) is 4.79 Å². The quantitative estimate of drug-likeness (QED) is 0.382. The summed E-state index contributed by atoms with van der Waals surface area (Å²) >= 11 is 0. The number of ether oxygens (including phenoxy) is 2. The van der Waals surface area contributed by atoms with Crippen molar-refractivity contribution >= 4 is 5.78 Å². The maximum absolute atomic E-state index is 11.8. The van der Waals surface area contributed by atoms with Crippen molar-refractivity contribution in [3.05, 3.63) is 42.5 Å². The first kappa shape index (κ1) is 14.5. The number of ketones is 1. The van der Waals surface area contributed by atoms with Crippen LogP contribution in [0.2, 0.25) is 0 Å². The second kappa shape index (κ2) is 8.48. The standard InChI is InChI=1S/C15H20O3/c1-3-5-6-11-17-12-15(16)13-7-9-14(10-8-13)18-4-2/h3,7-10H,1,4-6,11-12H2,2H3. The first-order valence-electron chi connectivity index (χ1n) is 6.22. The molecule has 98 valence electrons. The molecule has 0 aliphatic carbocycles. The number of carbonyl (C=O) groups excluding carboxylic acids is 1. The second-order valence-electron chi connectivity index (χ2n) is 3.86. The third-order valence-corrected chi connectivity index (χ3v) is 2.42. The van der Waals surface area contributed by atoms with Crippen LogP contribution in [0.4, 0.5) is 0 Å². The van der Waals surface area contributed by atoms with Crippen molar-refractivity contribution in [2.45, 2.75) is 19.8 Å². The van der Waals surface area contributed by atoms with E-state index in [1.54, 1.807) is 24.3 Å². The molecule has 3 heteroatoms. The largest absolute Gasteiger partial charge is 0.494 e. The summed E-state index contributed by atoms with van der Waals surface area (Å²) in [5, 5.41) is 0. The lowest BCUT2D eigenvalue weighted by molar-refractivity contribution is 0.0757. The number of allylic oxidation sites excluding steroid dienone is 1. The summed E-state index contributed by atoms with van der Waals surface area (Å²) < 4.78 is 10.6. The Morgan fingerprint density at radius 3 is 2.67 bits per heavy atom. The molecule has 1 rings (SSSR count). The molecule has 0 bridgehead atoms. The summed E-state index contributed by atoms with van der Waals surface area (Å²) in [5.41, 5.74) is 0.655. The van der Waals surface area contributed by atoms with Gasteiger partial charge in [-0.3, -0.25) is 4.79 Å². The van der Waals surface area contributed by atoms with Gasteiger partial charge in [-0.05, 0) is 44.0 Å². The highest BCUT2D eigenvalue weighted by molar-refractivity contribution is 5.97. The Balaban J connectivity index is 2.34. The van der Waals surface area contributed by atoms with Crippen LogP contribution >= 0.6 is 0 Å². The second-order valence-corrected chi connectivity index (χ2v) is 3.86. The van der Waals surface area contributed by atoms with E-state index in [1.807, 2.05) is 13.0 Å². The minimum Gasteiger partial charge on any atom is -0.494 e. The topological polar surface area (TPSA) is 35.5 Å². The van der Waals surface area contributed by atoms with E-state index in [4.69, 9.17) is 9.47 Å². The highest BCUT2D eigenvalue weighted by Crippen LogP contribution is 2.12. The summed E-state index contributed by atoms with van der Waals surface area (Å²) in [7, 11) is 0. The Bertz CT molecular complexity index is 368. The smallest absolute Gasteiger partial charge is 0.188 e. The number of Topliss-reactive ketones (excluding diaryl/α,β-unsaturated/α-hetero) is 1. The van der Waals surface area contributed by atoms with Gasteiger partial charge in [-0.15, -0.1) is 6.58 Å². The number of hydrogen-bond donors (Lipinski definition) is 0. The van der Waals surface area contributed by atoms with Crippen LogP contribution in [-0.2, 0) is 4.74 Å². The summed E-state index contributed by atoms with van der Waals surface area (Å²) in [4.78, 5) is 11.8. The molecule has 0 aromatic heterocycles. The summed E-state index contributed by atoms with van der Waals surface area (Å²) in [5.74, 6) is 0.776. The van der Waals surface area contributed by atoms with Crippen LogP contribution in [0.25, 0.3) is 0 Å². The van der Waals surface area contributed by atoms with Crippen LogP contribution in [0.5, 0.6) is 5.75 Å². The first-order valence-corrected chi connectivity index (χ1v) is 6.22. The Morgan fingerprint density at radius 1 is 1.33 bits per heavy atom. The molecule has 0 aliphatic heterocycles. The molecular formula is C15H20O3. The van der Waals surface area contributed by atoms with Crippen molar-refractivity contribution in [2.75, 3.05) is 19.8 Å². The lowest BCUT2D eigenvalue weighted by Crippen LogP contribution is -2.09. The maximum Gasteiger partial charge on any atom is 0.188 e. The van der Waals surface area contributed by atoms with E-state index < -0.39 is 0 Å². The molecular weight excluding hydrogens is 228 g/mol. The first-order chi connectivity index (χ1) is 8.77. The molecule has 0 amide bonds. The monoisotopic (exact) mass is 248 g/mol. The number of unbranched alkanes of at least 4 members (excludes halogenated alkanes) is 1. The van der Waals surface area contributed by atoms with Gasteiger partial charge in [0.05, 0.1) is 6.61 Å². The third-order valence-electron chi connectivity index (χ3n) is 2.42. The maximum atomic E-state index is 11.8. The van der Waals surface area contributed by atoms with Gasteiger partial charge >= 0.3 is 0 Å². The van der Waals surface area contributed by atoms with E-state index in [0.29, 0.717) is 18.8 Å². The van der Waals surface area contributed by atoms with Crippen molar-refractivity contribution in [1.29, 1.82) is 0 Å². The average Bonchev–Trinajstić information content (AvgIpc) is 2.39. The summed E-state index contributed by atoms with van der Waals surface area (Å²) in [6.07, 6.45) is 3.66. The predicted molar refractivity (Wildman–Crippen MR) is 72.2 cm³/mol. The van der Waals surface area contributed by atoms with Crippen LogP contribution in [0.1, 0.15) is 30.1 Å². The van der Waals surface area contributed by atoms with Crippen LogP contribution in [-0.4, -0.2) is 25.6 Å². The number of carbonyl (C=O) groups is 1. The molecule has 0 saturated carbocycles. The average molecular weight is 248 g/mol. The molecule has 1 aromatic carbocycles. The molecule has 0 spiro atoms. The van der Waals surface area contributed by atoms with Gasteiger partial charge in [-0.1, -0.05) is 6.08 Å². The fraction of sp³-hybridized carbons (Fsp3) is 0.400. The van der Waals surface area contributed by atoms with Gasteiger partial charge in [0.25, 0.3) is 0 Å². The minimum absolute atomic E-state index is 0.00310. The Labute approximate surface area is 108 Å². The highest BCUT2D eigenvalue weighted by Gasteiger charge is 2.05. The molecule has 0 atom stereocenters. The third kappa shape index (κ3) is 5.15. The van der Waals surface area contributed by atoms with E-state index in [2.05, 4.69) is 6.58 Å². The zero-order valence-corrected chi connectivity index (χ0v) is 10.9. The van der Waals surface area contributed by atoms with E-state index in [0.717, 1.165) is 18.6 Å². The minimum atomic E-state index is -0.00310. The van der Waals surface area contributed by atoms with Gasteiger partial charge in [0, 0.05) is 12.2 Å². The number of benzene rings is 1. The molecule has 0 aliphatic rings. The molecule has 1 aromatic rings. The van der Waals surface area contributed by atoms with Crippen molar-refractivity contribution < 1.29 is 14.3 Å². The Hall–Kier alpha value is -1.61. The molecule has 0 N–H and O–H groups in total. The van der Waals surface area contributed by atoms with Gasteiger partial charge in [0.1, 0.15) is 12.4 Å². The zero-order chi connectivity index (χ0) is 13.2. The normalized spacial score (nSPS) is 10.1. The molecule has 18 heavy (non-hydrogen) atoms. The van der Waals surface area contributed by atoms with Gasteiger partial charge in [-0.2, -0.15) is 0 Å². The Kier molecular flexibility index (Phi) is 6.81. The van der Waals surface area contributed by atoms with Gasteiger partial charge in [0.15, 0.2) is 5.78 Å². The van der Waals surface area contributed by atoms with E-state index >= 15 is 0 Å². The van der Waals surface area contributed by atoms with Crippen molar-refractivity contribution in [3.8, 4) is 5.75 Å². The molecule has 0 fully saturated rings. The van der Waals surface area contributed by atoms with Crippen LogP contribution in [0, 0.1) is 0 Å². The van der Waals surface area contributed by atoms with Crippen LogP contribution in [0.3, 0.4) is 0 Å². The fourth-order valence-electron chi connectivity index (χ4n) is 1.48. The predicted octanol–water partition coefficient (Wildman–Crippen LogP) is 3.25. The fourth-order valence-corrected chi connectivity index (χ4v) is 1.48. The summed E-state index contributed by atoms with van der Waals surface area (Å²) in [6, 6.07) is 7.13. The van der Waals surface area contributed by atoms with Gasteiger partial charge < -0.3 is 9.47 Å². The molecule has 0 heterocycles. The molecule has 0 radical (unpaired) electrons. The van der Waals surface area contributed by atoms with Crippen molar-refractivity contribution in [3.63, 3.8) is 0 Å². The lowest BCUT2D eigenvalue weighted by Gasteiger charge is -2.05. The van der Waals surface area contributed by atoms with Crippen LogP contribution < -0.4 is 4.74 Å². The molecule has 0 saturated heterocycles. The highest BCUT2D eigenvalue weighted by atomic mass is 16.5. The lowest BCUT2D eigenvalue weighted by atomic mass is 10.1. The number of rotatable bonds is 9. The van der Waals surface area contributed by atoms with E-state index in [1.165, 1.54) is 0 Å². The zero-order valence-electron chi connectivity index (χ0n) is 10.9. The SMILES string of the molecule is C=CCCCOCC(=O)c1ccc(OCC)cc1. The summed E-state index contributed by atoms with van der Waals surface area (Å²) in [6.45, 7) is 6.90. The van der Waals surface area contributed by atoms with E-state index in [-0.39, 0.29) is 12.4 Å². The van der Waals surface area contributed by atoms with Crippen molar-refractivity contribution in [2.24, 2.45) is 0 Å². The Morgan fingerprint density at radius 2 is 2.06 bits per heavy atom.